The molecule has 14 rings (SSSR count). The van der Waals surface area contributed by atoms with Gasteiger partial charge in [0.2, 0.25) is 0 Å². The molecule has 0 saturated heterocycles. The van der Waals surface area contributed by atoms with Gasteiger partial charge in [-0.3, -0.25) is 0 Å². The van der Waals surface area contributed by atoms with Crippen molar-refractivity contribution in [1.29, 1.82) is 0 Å². The van der Waals surface area contributed by atoms with E-state index < -0.39 is 0 Å². The van der Waals surface area contributed by atoms with Crippen LogP contribution in [0.25, 0.3) is 95.0 Å². The zero-order valence-electron chi connectivity index (χ0n) is 48.3. The van der Waals surface area contributed by atoms with Crippen molar-refractivity contribution >= 4 is 95.2 Å². The average Bonchev–Trinajstić information content (AvgIpc) is 2.75. The number of hydrogen-bond acceptors (Lipinski definition) is 2. The summed E-state index contributed by atoms with van der Waals surface area (Å²) in [6.07, 6.45) is 14.6. The van der Waals surface area contributed by atoms with Crippen LogP contribution >= 0.6 is 0 Å². The van der Waals surface area contributed by atoms with Crippen LogP contribution in [0.15, 0.2) is 290 Å². The summed E-state index contributed by atoms with van der Waals surface area (Å²) in [5, 5.41) is 10.6. The first kappa shape index (κ1) is 52.9. The number of benzene rings is 11. The van der Waals surface area contributed by atoms with Gasteiger partial charge in [0.1, 0.15) is 0 Å². The summed E-state index contributed by atoms with van der Waals surface area (Å²) in [4.78, 5) is 4.75. The summed E-state index contributed by atoms with van der Waals surface area (Å²) in [5.74, 6) is 0. The van der Waals surface area contributed by atoms with Crippen molar-refractivity contribution in [3.8, 4) is 22.5 Å². The van der Waals surface area contributed by atoms with Crippen LogP contribution in [0.3, 0.4) is 0 Å². The van der Waals surface area contributed by atoms with Crippen molar-refractivity contribution in [2.24, 2.45) is 0 Å². The van der Waals surface area contributed by atoms with Crippen LogP contribution < -0.4 is 20.4 Å². The van der Waals surface area contributed by atoms with Crippen molar-refractivity contribution in [2.75, 3.05) is 9.80 Å². The Morgan fingerprint density at radius 1 is 0.440 bits per heavy atom. The average molecular weight is 1080 g/mol. The Morgan fingerprint density at radius 2 is 0.905 bits per heavy atom. The molecule has 0 unspecified atom stereocenters. The van der Waals surface area contributed by atoms with Gasteiger partial charge in [-0.25, -0.2) is 0 Å². The topological polar surface area (TPSA) is 16.3 Å². The first-order valence-electron chi connectivity index (χ1n) is 29.3. The second-order valence-corrected chi connectivity index (χ2v) is 21.5. The molecule has 0 bridgehead atoms. The maximum atomic E-state index is 4.64. The van der Waals surface area contributed by atoms with Crippen molar-refractivity contribution in [2.45, 2.75) is 41.0 Å². The van der Waals surface area contributed by atoms with E-state index in [2.05, 4.69) is 331 Å². The van der Waals surface area contributed by atoms with Gasteiger partial charge in [0.05, 0.1) is 21.9 Å². The molecule has 0 radical (unpaired) electrons. The van der Waals surface area contributed by atoms with E-state index in [4.69, 9.17) is 0 Å². The molecule has 4 nitrogen and oxygen atoms in total. The molecule has 0 aliphatic heterocycles. The Bertz CT molecular complexity index is 4790. The van der Waals surface area contributed by atoms with Crippen molar-refractivity contribution < 1.29 is 0 Å². The van der Waals surface area contributed by atoms with Gasteiger partial charge in [-0.05, 0) is 198 Å². The molecule has 0 N–H and O–H groups in total. The normalized spacial score (nSPS) is 12.8. The molecule has 84 heavy (non-hydrogen) atoms. The van der Waals surface area contributed by atoms with Gasteiger partial charge >= 0.3 is 0 Å². The predicted molar refractivity (Wildman–Crippen MR) is 362 cm³/mol. The minimum Gasteiger partial charge on any atom is -0.315 e. The van der Waals surface area contributed by atoms with Gasteiger partial charge in [0, 0.05) is 66.9 Å². The maximum absolute atomic E-state index is 4.64. The Morgan fingerprint density at radius 3 is 1.50 bits per heavy atom. The third-order valence-electron chi connectivity index (χ3n) is 16.3. The van der Waals surface area contributed by atoms with Crippen LogP contribution in [-0.2, 0) is 0 Å². The first-order valence-corrected chi connectivity index (χ1v) is 29.3. The number of aryl methyl sites for hydroxylation is 2. The highest BCUT2D eigenvalue weighted by Gasteiger charge is 2.22. The summed E-state index contributed by atoms with van der Waals surface area (Å²) in [6, 6.07) is 90.3. The molecule has 11 aromatic carbocycles. The molecule has 2 aromatic heterocycles. The van der Waals surface area contributed by atoms with E-state index in [-0.39, 0.29) is 0 Å². The molecule has 0 saturated carbocycles. The lowest BCUT2D eigenvalue weighted by Gasteiger charge is -2.26. The van der Waals surface area contributed by atoms with Crippen molar-refractivity contribution in [3.63, 3.8) is 0 Å². The fraction of sp³-hybridized carbons (Fsp3) is 0.0750. The Kier molecular flexibility index (Phi) is 14.4. The fourth-order valence-electron chi connectivity index (χ4n) is 12.6. The molecule has 0 atom stereocenters. The Balaban J connectivity index is 0.00000326. The molecule has 0 fully saturated rings. The van der Waals surface area contributed by atoms with E-state index in [9.17, 15) is 0 Å². The summed E-state index contributed by atoms with van der Waals surface area (Å²) >= 11 is 0. The summed E-state index contributed by atoms with van der Waals surface area (Å²) in [6.45, 7) is 15.2. The predicted octanol–water partition coefficient (Wildman–Crippen LogP) is 20.3. The molecule has 406 valence electrons. The Hall–Kier alpha value is -10.4. The van der Waals surface area contributed by atoms with Gasteiger partial charge in [-0.1, -0.05) is 189 Å². The molecule has 13 aromatic rings. The van der Waals surface area contributed by atoms with Crippen LogP contribution in [0.1, 0.15) is 43.9 Å². The molecular formula is C80H66N4. The SMILES string of the molecule is C=c1/c(=C\C=C(/C)N(c2ccccc2)c2ccc(-c3c4ccccc4c(C4=CC=C(N(c5ccccc5)c5ccc6c(c5)c5cc(C)ccc5n6-c5ccccc5)C=CC4)c4ccccc34)cc2)n(-c2ccccc2)c2ccc(C)cc12.CC. The number of hydrogen-bond donors (Lipinski definition) is 0. The van der Waals surface area contributed by atoms with Crippen molar-refractivity contribution in [3.05, 3.63) is 318 Å². The smallest absolute Gasteiger partial charge is 0.0542 e. The third kappa shape index (κ3) is 9.61. The van der Waals surface area contributed by atoms with Gasteiger partial charge in [-0.2, -0.15) is 0 Å². The molecule has 0 amide bonds. The van der Waals surface area contributed by atoms with Gasteiger partial charge < -0.3 is 18.9 Å². The minimum absolute atomic E-state index is 0.775. The van der Waals surface area contributed by atoms with Gasteiger partial charge in [-0.15, -0.1) is 0 Å². The summed E-state index contributed by atoms with van der Waals surface area (Å²) in [7, 11) is 0. The third-order valence-corrected chi connectivity index (χ3v) is 16.3. The maximum Gasteiger partial charge on any atom is 0.0542 e. The largest absolute Gasteiger partial charge is 0.315 e. The second kappa shape index (κ2) is 22.8. The minimum atomic E-state index is 0.775. The zero-order chi connectivity index (χ0) is 57.3. The molecule has 1 aliphatic rings. The highest BCUT2D eigenvalue weighted by atomic mass is 15.2. The van der Waals surface area contributed by atoms with Crippen LogP contribution in [-0.4, -0.2) is 9.13 Å². The summed E-state index contributed by atoms with van der Waals surface area (Å²) < 4.78 is 4.72. The molecule has 1 aliphatic carbocycles. The van der Waals surface area contributed by atoms with Crippen LogP contribution in [0.5, 0.6) is 0 Å². The van der Waals surface area contributed by atoms with Crippen LogP contribution in [0, 0.1) is 13.8 Å². The highest BCUT2D eigenvalue weighted by molar-refractivity contribution is 6.19. The quantitative estimate of drug-likeness (QED) is 0.120. The lowest BCUT2D eigenvalue weighted by atomic mass is 9.85. The molecule has 4 heteroatoms. The van der Waals surface area contributed by atoms with Gasteiger partial charge in [0.15, 0.2) is 0 Å². The second-order valence-electron chi connectivity index (χ2n) is 21.5. The van der Waals surface area contributed by atoms with E-state index in [1.54, 1.807) is 0 Å². The first-order chi connectivity index (χ1) is 41.4. The number of para-hydroxylation sites is 4. The number of fused-ring (bicyclic) bond motifs is 6. The fourth-order valence-corrected chi connectivity index (χ4v) is 12.6. The molecular weight excluding hydrogens is 1020 g/mol. The van der Waals surface area contributed by atoms with Gasteiger partial charge in [0.25, 0.3) is 0 Å². The van der Waals surface area contributed by atoms with E-state index >= 15 is 0 Å². The number of allylic oxidation sites excluding steroid dienone is 7. The lowest BCUT2D eigenvalue weighted by molar-refractivity contribution is 1.07. The van der Waals surface area contributed by atoms with E-state index in [0.29, 0.717) is 0 Å². The number of anilines is 4. The van der Waals surface area contributed by atoms with Crippen LogP contribution in [0.2, 0.25) is 0 Å². The van der Waals surface area contributed by atoms with Crippen LogP contribution in [0.4, 0.5) is 22.7 Å². The highest BCUT2D eigenvalue weighted by Crippen LogP contribution is 2.45. The van der Waals surface area contributed by atoms with E-state index in [1.165, 1.54) is 76.7 Å². The lowest BCUT2D eigenvalue weighted by Crippen LogP contribution is -2.27. The molecule has 2 heterocycles. The molecule has 0 spiro atoms. The number of nitrogens with zero attached hydrogens (tertiary/aromatic N) is 4. The zero-order valence-corrected chi connectivity index (χ0v) is 48.3. The van der Waals surface area contributed by atoms with Crippen molar-refractivity contribution in [1.82, 2.24) is 9.13 Å². The van der Waals surface area contributed by atoms with E-state index in [1.807, 2.05) is 13.8 Å². The monoisotopic (exact) mass is 1080 g/mol. The summed E-state index contributed by atoms with van der Waals surface area (Å²) in [5.41, 5.74) is 19.7. The number of rotatable bonds is 11. The standard InChI is InChI=1S/C78H60N4.C2H6/c1-53-36-46-74-70(50-53)56(4)73(81(74)61-27-13-7-14-28-61)48-38-55(3)79(59-23-9-5-10-24-59)64-43-40-58(41-44-64)78-68-34-19-17-32-66(68)77(67-33-18-20-35-69(67)78)57-22-21-31-63(42-39-57)80(60-25-11-6-12-26-60)65-45-49-76-72(52-65)71-51-54(2)37-47-75(71)82(76)62-29-15-8-16-30-62;1-2/h5-21,23-52H,4,22H2,1-3H3;1-2H3/b55-38+,73-48+;. The van der Waals surface area contributed by atoms with E-state index in [0.717, 1.165) is 73.4 Å². The number of aromatic nitrogens is 2. The Labute approximate surface area is 492 Å².